The Kier molecular flexibility index (Phi) is 3.21. The smallest absolute Gasteiger partial charge is 0.254 e. The summed E-state index contributed by atoms with van der Waals surface area (Å²) in [5.74, 6) is 0.632. The van der Waals surface area contributed by atoms with Crippen molar-refractivity contribution in [2.45, 2.75) is 20.4 Å². The van der Waals surface area contributed by atoms with Crippen molar-refractivity contribution in [3.8, 4) is 0 Å². The second kappa shape index (κ2) is 5.05. The number of hydrogen-bond acceptors (Lipinski definition) is 3. The fraction of sp³-hybridized carbons (Fsp3) is 0.267. The Morgan fingerprint density at radius 2 is 2.14 bits per heavy atom. The van der Waals surface area contributed by atoms with Crippen molar-refractivity contribution in [3.05, 3.63) is 47.2 Å². The van der Waals surface area contributed by atoms with Crippen LogP contribution < -0.4 is 0 Å². The number of fused-ring (bicyclic) bond motifs is 1. The molecule has 3 aromatic rings. The lowest BCUT2D eigenvalue weighted by molar-refractivity contribution is 0.0782. The fourth-order valence-corrected chi connectivity index (χ4v) is 2.42. The first-order valence-corrected chi connectivity index (χ1v) is 6.75. The summed E-state index contributed by atoms with van der Waals surface area (Å²) in [5.41, 5.74) is 4.04. The molecule has 0 unspecified atom stereocenters. The standard InChI is InChI=1S/C15H17N5O/c1-9-10(2)18-13-5-4-11(6-12(9)13)15(21)20(3)7-14-16-8-17-19-14/h4-6,8,18H,7H2,1-3H3,(H,16,17,19). The van der Waals surface area contributed by atoms with Gasteiger partial charge >= 0.3 is 0 Å². The molecule has 108 valence electrons. The van der Waals surface area contributed by atoms with Crippen molar-refractivity contribution in [1.29, 1.82) is 0 Å². The highest BCUT2D eigenvalue weighted by atomic mass is 16.2. The van der Waals surface area contributed by atoms with Gasteiger partial charge in [-0.2, -0.15) is 5.10 Å². The molecule has 0 aliphatic carbocycles. The number of hydrogen-bond donors (Lipinski definition) is 2. The highest BCUT2D eigenvalue weighted by Gasteiger charge is 2.15. The number of aromatic nitrogens is 4. The number of nitrogens with one attached hydrogen (secondary N) is 2. The molecule has 0 saturated heterocycles. The number of rotatable bonds is 3. The van der Waals surface area contributed by atoms with Crippen LogP contribution in [0.4, 0.5) is 0 Å². The van der Waals surface area contributed by atoms with E-state index in [2.05, 4.69) is 27.1 Å². The van der Waals surface area contributed by atoms with Gasteiger partial charge in [0, 0.05) is 29.2 Å². The number of H-pyrrole nitrogens is 2. The first-order chi connectivity index (χ1) is 10.1. The molecule has 2 N–H and O–H groups in total. The van der Waals surface area contributed by atoms with E-state index >= 15 is 0 Å². The van der Waals surface area contributed by atoms with Crippen molar-refractivity contribution >= 4 is 16.8 Å². The summed E-state index contributed by atoms with van der Waals surface area (Å²) >= 11 is 0. The minimum absolute atomic E-state index is 0.0356. The van der Waals surface area contributed by atoms with Gasteiger partial charge in [0.05, 0.1) is 6.54 Å². The van der Waals surface area contributed by atoms with Gasteiger partial charge in [-0.3, -0.25) is 9.89 Å². The summed E-state index contributed by atoms with van der Waals surface area (Å²) in [4.78, 5) is 21.5. The van der Waals surface area contributed by atoms with E-state index in [1.807, 2.05) is 25.1 Å². The molecule has 0 aliphatic heterocycles. The number of carbonyl (C=O) groups is 1. The van der Waals surface area contributed by atoms with E-state index in [4.69, 9.17) is 0 Å². The average Bonchev–Trinajstić information content (AvgIpc) is 3.07. The van der Waals surface area contributed by atoms with E-state index in [9.17, 15) is 4.79 Å². The molecule has 6 heteroatoms. The summed E-state index contributed by atoms with van der Waals surface area (Å²) in [5, 5.41) is 7.63. The Bertz CT molecular complexity index is 788. The van der Waals surface area contributed by atoms with Gasteiger partial charge in [-0.25, -0.2) is 4.98 Å². The van der Waals surface area contributed by atoms with Gasteiger partial charge in [0.1, 0.15) is 12.2 Å². The summed E-state index contributed by atoms with van der Waals surface area (Å²) in [6, 6.07) is 5.73. The maximum atomic E-state index is 12.5. The molecule has 0 saturated carbocycles. The number of nitrogens with zero attached hydrogens (tertiary/aromatic N) is 3. The number of aromatic amines is 2. The lowest BCUT2D eigenvalue weighted by Gasteiger charge is -2.15. The molecule has 2 aromatic heterocycles. The van der Waals surface area contributed by atoms with Crippen LogP contribution in [0.25, 0.3) is 10.9 Å². The maximum absolute atomic E-state index is 12.5. The van der Waals surface area contributed by atoms with Crippen molar-refractivity contribution < 1.29 is 4.79 Å². The van der Waals surface area contributed by atoms with Crippen molar-refractivity contribution in [2.75, 3.05) is 7.05 Å². The molecule has 21 heavy (non-hydrogen) atoms. The molecule has 3 rings (SSSR count). The molecule has 0 radical (unpaired) electrons. The molecule has 0 aliphatic rings. The summed E-state index contributed by atoms with van der Waals surface area (Å²) in [6.07, 6.45) is 1.44. The number of carbonyl (C=O) groups excluding carboxylic acids is 1. The summed E-state index contributed by atoms with van der Waals surface area (Å²) in [7, 11) is 1.75. The Morgan fingerprint density at radius 3 is 2.86 bits per heavy atom. The molecular formula is C15H17N5O. The van der Waals surface area contributed by atoms with Crippen LogP contribution in [0.2, 0.25) is 0 Å². The van der Waals surface area contributed by atoms with E-state index in [-0.39, 0.29) is 5.91 Å². The molecule has 2 heterocycles. The zero-order valence-corrected chi connectivity index (χ0v) is 12.3. The normalized spacial score (nSPS) is 11.0. The van der Waals surface area contributed by atoms with E-state index in [0.717, 1.165) is 16.6 Å². The van der Waals surface area contributed by atoms with Gasteiger partial charge in [-0.15, -0.1) is 0 Å². The van der Waals surface area contributed by atoms with Crippen LogP contribution in [-0.2, 0) is 6.54 Å². The van der Waals surface area contributed by atoms with Crippen LogP contribution in [-0.4, -0.2) is 38.0 Å². The summed E-state index contributed by atoms with van der Waals surface area (Å²) in [6.45, 7) is 4.50. The molecule has 1 aromatic carbocycles. The molecule has 0 spiro atoms. The van der Waals surface area contributed by atoms with E-state index in [0.29, 0.717) is 17.9 Å². The van der Waals surface area contributed by atoms with Gasteiger partial charge in [0.25, 0.3) is 5.91 Å². The Morgan fingerprint density at radius 1 is 1.33 bits per heavy atom. The molecule has 1 amide bonds. The number of aryl methyl sites for hydroxylation is 2. The molecular weight excluding hydrogens is 266 g/mol. The third-order valence-electron chi connectivity index (χ3n) is 3.75. The molecule has 6 nitrogen and oxygen atoms in total. The number of benzene rings is 1. The predicted molar refractivity (Wildman–Crippen MR) is 80.0 cm³/mol. The van der Waals surface area contributed by atoms with Gasteiger partial charge in [0.15, 0.2) is 0 Å². The molecule has 0 fully saturated rings. The zero-order valence-electron chi connectivity index (χ0n) is 12.3. The molecule has 0 atom stereocenters. The second-order valence-corrected chi connectivity index (χ2v) is 5.23. The van der Waals surface area contributed by atoms with Crippen LogP contribution in [0.3, 0.4) is 0 Å². The maximum Gasteiger partial charge on any atom is 0.254 e. The van der Waals surface area contributed by atoms with Crippen LogP contribution >= 0.6 is 0 Å². The lowest BCUT2D eigenvalue weighted by atomic mass is 10.1. The number of amides is 1. The largest absolute Gasteiger partial charge is 0.358 e. The third kappa shape index (κ3) is 2.40. The quantitative estimate of drug-likeness (QED) is 0.773. The van der Waals surface area contributed by atoms with E-state index in [1.165, 1.54) is 11.9 Å². The van der Waals surface area contributed by atoms with Crippen molar-refractivity contribution in [3.63, 3.8) is 0 Å². The van der Waals surface area contributed by atoms with Crippen LogP contribution in [0.15, 0.2) is 24.5 Å². The van der Waals surface area contributed by atoms with Crippen LogP contribution in [0.5, 0.6) is 0 Å². The average molecular weight is 283 g/mol. The van der Waals surface area contributed by atoms with Crippen LogP contribution in [0, 0.1) is 13.8 Å². The van der Waals surface area contributed by atoms with Gasteiger partial charge in [0.2, 0.25) is 0 Å². The zero-order chi connectivity index (χ0) is 15.0. The topological polar surface area (TPSA) is 77.7 Å². The Hall–Kier alpha value is -2.63. The fourth-order valence-electron chi connectivity index (χ4n) is 2.42. The highest BCUT2D eigenvalue weighted by Crippen LogP contribution is 2.23. The second-order valence-electron chi connectivity index (χ2n) is 5.23. The monoisotopic (exact) mass is 283 g/mol. The lowest BCUT2D eigenvalue weighted by Crippen LogP contribution is -2.26. The van der Waals surface area contributed by atoms with E-state index < -0.39 is 0 Å². The Balaban J connectivity index is 1.88. The molecule has 0 bridgehead atoms. The van der Waals surface area contributed by atoms with Gasteiger partial charge in [-0.1, -0.05) is 0 Å². The predicted octanol–water partition coefficient (Wildman–Crippen LogP) is 2.18. The highest BCUT2D eigenvalue weighted by molar-refractivity contribution is 5.98. The minimum atomic E-state index is -0.0356. The first kappa shape index (κ1) is 13.4. The Labute approximate surface area is 122 Å². The third-order valence-corrected chi connectivity index (χ3v) is 3.75. The van der Waals surface area contributed by atoms with E-state index in [1.54, 1.807) is 11.9 Å². The first-order valence-electron chi connectivity index (χ1n) is 6.75. The van der Waals surface area contributed by atoms with Gasteiger partial charge in [-0.05, 0) is 37.6 Å². The van der Waals surface area contributed by atoms with Gasteiger partial charge < -0.3 is 9.88 Å². The summed E-state index contributed by atoms with van der Waals surface area (Å²) < 4.78 is 0. The van der Waals surface area contributed by atoms with Crippen molar-refractivity contribution in [2.24, 2.45) is 0 Å². The SMILES string of the molecule is Cc1[nH]c2ccc(C(=O)N(C)Cc3ncn[nH]3)cc2c1C. The van der Waals surface area contributed by atoms with Crippen molar-refractivity contribution in [1.82, 2.24) is 25.1 Å². The van der Waals surface area contributed by atoms with Crippen LogP contribution in [0.1, 0.15) is 27.4 Å². The minimum Gasteiger partial charge on any atom is -0.358 e.